The van der Waals surface area contributed by atoms with Crippen LogP contribution in [0.25, 0.3) is 0 Å². The maximum Gasteiger partial charge on any atom is 0.0300 e. The smallest absolute Gasteiger partial charge is 0.0300 e. The summed E-state index contributed by atoms with van der Waals surface area (Å²) in [6.07, 6.45) is 3.75. The average molecular weight is 153 g/mol. The van der Waals surface area contributed by atoms with E-state index < -0.39 is 0 Å². The highest BCUT2D eigenvalue weighted by Crippen LogP contribution is 2.12. The van der Waals surface area contributed by atoms with Crippen molar-refractivity contribution in [2.75, 3.05) is 0 Å². The monoisotopic (exact) mass is 153 g/mol. The number of aromatic nitrogens is 1. The summed E-state index contributed by atoms with van der Waals surface area (Å²) in [7, 11) is 0. The van der Waals surface area contributed by atoms with Crippen molar-refractivity contribution in [1.29, 1.82) is 0 Å². The highest BCUT2D eigenvalue weighted by molar-refractivity contribution is 7.79. The van der Waals surface area contributed by atoms with Gasteiger partial charge in [0.25, 0.3) is 0 Å². The fraction of sp³-hybridized carbons (Fsp3) is 0.375. The van der Waals surface area contributed by atoms with E-state index in [4.69, 9.17) is 0 Å². The molecule has 0 aliphatic rings. The summed E-state index contributed by atoms with van der Waals surface area (Å²) in [4.78, 5) is 4.06. The van der Waals surface area contributed by atoms with E-state index in [2.05, 4.69) is 31.5 Å². The number of hydrogen-bond acceptors (Lipinski definition) is 2. The Morgan fingerprint density at radius 2 is 1.80 bits per heavy atom. The Morgan fingerprint density at radius 3 is 2.10 bits per heavy atom. The second kappa shape index (κ2) is 3.06. The van der Waals surface area contributed by atoms with Crippen LogP contribution in [0.4, 0.5) is 0 Å². The van der Waals surface area contributed by atoms with Crippen LogP contribution in [0.5, 0.6) is 0 Å². The van der Waals surface area contributed by atoms with Crippen molar-refractivity contribution < 1.29 is 0 Å². The van der Waals surface area contributed by atoms with E-state index in [1.807, 2.05) is 12.4 Å². The molecule has 0 amide bonds. The maximum atomic E-state index is 4.22. The predicted octanol–water partition coefficient (Wildman–Crippen LogP) is 2.13. The molecule has 1 aromatic rings. The molecule has 1 aromatic heterocycles. The van der Waals surface area contributed by atoms with Gasteiger partial charge in [0.05, 0.1) is 0 Å². The molecule has 0 saturated carbocycles. The predicted molar refractivity (Wildman–Crippen MR) is 46.4 cm³/mol. The molecule has 1 heterocycles. The minimum atomic E-state index is 0.806. The Kier molecular flexibility index (Phi) is 2.33. The number of hydrogen-bond donors (Lipinski definition) is 1. The van der Waals surface area contributed by atoms with Gasteiger partial charge in [-0.2, -0.15) is 12.6 Å². The zero-order valence-corrected chi connectivity index (χ0v) is 7.15. The molecule has 10 heavy (non-hydrogen) atoms. The lowest BCUT2D eigenvalue weighted by Crippen LogP contribution is -1.90. The summed E-state index contributed by atoms with van der Waals surface area (Å²) in [6.45, 7) is 4.12. The first-order valence-corrected chi connectivity index (χ1v) is 3.90. The Bertz CT molecular complexity index is 212. The van der Waals surface area contributed by atoms with Crippen molar-refractivity contribution in [3.63, 3.8) is 0 Å². The van der Waals surface area contributed by atoms with Crippen LogP contribution in [-0.2, 0) is 5.75 Å². The van der Waals surface area contributed by atoms with Gasteiger partial charge in [0.15, 0.2) is 0 Å². The Morgan fingerprint density at radius 1 is 1.30 bits per heavy atom. The lowest BCUT2D eigenvalue weighted by Gasteiger charge is -2.03. The molecule has 2 heteroatoms. The molecular formula is C8H11NS. The molecule has 0 bridgehead atoms. The third kappa shape index (κ3) is 1.32. The number of aryl methyl sites for hydroxylation is 2. The lowest BCUT2D eigenvalue weighted by atomic mass is 10.1. The Balaban J connectivity index is 3.17. The van der Waals surface area contributed by atoms with E-state index in [0.717, 1.165) is 5.75 Å². The van der Waals surface area contributed by atoms with Gasteiger partial charge in [-0.1, -0.05) is 0 Å². The van der Waals surface area contributed by atoms with Crippen LogP contribution in [0.1, 0.15) is 16.7 Å². The fourth-order valence-corrected chi connectivity index (χ4v) is 1.48. The molecular weight excluding hydrogens is 142 g/mol. The number of rotatable bonds is 1. The highest BCUT2D eigenvalue weighted by atomic mass is 32.1. The molecule has 0 unspecified atom stereocenters. The van der Waals surface area contributed by atoms with Crippen LogP contribution in [0.3, 0.4) is 0 Å². The third-order valence-corrected chi connectivity index (χ3v) is 1.96. The summed E-state index contributed by atoms with van der Waals surface area (Å²) >= 11 is 4.22. The quantitative estimate of drug-likeness (QED) is 0.610. The Hall–Kier alpha value is -0.500. The van der Waals surface area contributed by atoms with Gasteiger partial charge in [0, 0.05) is 18.1 Å². The molecule has 54 valence electrons. The van der Waals surface area contributed by atoms with Crippen LogP contribution >= 0.6 is 12.6 Å². The third-order valence-electron chi connectivity index (χ3n) is 1.65. The molecule has 0 spiro atoms. The van der Waals surface area contributed by atoms with E-state index >= 15 is 0 Å². The molecule has 0 fully saturated rings. The largest absolute Gasteiger partial charge is 0.264 e. The topological polar surface area (TPSA) is 12.9 Å². The van der Waals surface area contributed by atoms with Crippen molar-refractivity contribution in [3.8, 4) is 0 Å². The van der Waals surface area contributed by atoms with E-state index in [-0.39, 0.29) is 0 Å². The molecule has 0 radical (unpaired) electrons. The standard InChI is InChI=1S/C8H11NS/c1-6-3-9-4-7(2)8(6)5-10/h3-4,10H,5H2,1-2H3. The van der Waals surface area contributed by atoms with Gasteiger partial charge in [0.2, 0.25) is 0 Å². The van der Waals surface area contributed by atoms with Gasteiger partial charge >= 0.3 is 0 Å². The van der Waals surface area contributed by atoms with Crippen molar-refractivity contribution in [3.05, 3.63) is 29.1 Å². The minimum absolute atomic E-state index is 0.806. The fourth-order valence-electron chi connectivity index (χ4n) is 0.977. The Labute approximate surface area is 66.9 Å². The van der Waals surface area contributed by atoms with E-state index in [9.17, 15) is 0 Å². The van der Waals surface area contributed by atoms with Crippen LogP contribution in [0, 0.1) is 13.8 Å². The highest BCUT2D eigenvalue weighted by Gasteiger charge is 1.98. The molecule has 0 aliphatic carbocycles. The SMILES string of the molecule is Cc1cncc(C)c1CS. The summed E-state index contributed by atoms with van der Waals surface area (Å²) in [5.41, 5.74) is 3.77. The molecule has 0 N–H and O–H groups in total. The number of thiol groups is 1. The van der Waals surface area contributed by atoms with Crippen LogP contribution in [0.2, 0.25) is 0 Å². The van der Waals surface area contributed by atoms with Crippen molar-refractivity contribution >= 4 is 12.6 Å². The summed E-state index contributed by atoms with van der Waals surface area (Å²) in [5.74, 6) is 0.806. The van der Waals surface area contributed by atoms with Crippen LogP contribution < -0.4 is 0 Å². The number of nitrogens with zero attached hydrogens (tertiary/aromatic N) is 1. The van der Waals surface area contributed by atoms with E-state index in [1.54, 1.807) is 0 Å². The molecule has 0 atom stereocenters. The maximum absolute atomic E-state index is 4.22. The van der Waals surface area contributed by atoms with Gasteiger partial charge in [0.1, 0.15) is 0 Å². The van der Waals surface area contributed by atoms with Crippen molar-refractivity contribution in [1.82, 2.24) is 4.98 Å². The van der Waals surface area contributed by atoms with Crippen molar-refractivity contribution in [2.45, 2.75) is 19.6 Å². The zero-order chi connectivity index (χ0) is 7.56. The average Bonchev–Trinajstić information content (AvgIpc) is 1.88. The second-order valence-electron chi connectivity index (χ2n) is 2.41. The molecule has 0 aromatic carbocycles. The summed E-state index contributed by atoms with van der Waals surface area (Å²) in [6, 6.07) is 0. The zero-order valence-electron chi connectivity index (χ0n) is 6.26. The first-order chi connectivity index (χ1) is 4.75. The minimum Gasteiger partial charge on any atom is -0.264 e. The normalized spacial score (nSPS) is 9.90. The first kappa shape index (κ1) is 7.61. The van der Waals surface area contributed by atoms with Crippen LogP contribution in [-0.4, -0.2) is 4.98 Å². The van der Waals surface area contributed by atoms with Gasteiger partial charge in [-0.3, -0.25) is 4.98 Å². The second-order valence-corrected chi connectivity index (χ2v) is 2.73. The number of pyridine rings is 1. The van der Waals surface area contributed by atoms with E-state index in [1.165, 1.54) is 16.7 Å². The summed E-state index contributed by atoms with van der Waals surface area (Å²) in [5, 5.41) is 0. The van der Waals surface area contributed by atoms with Gasteiger partial charge in [-0.25, -0.2) is 0 Å². The molecule has 0 aliphatic heterocycles. The van der Waals surface area contributed by atoms with Gasteiger partial charge < -0.3 is 0 Å². The van der Waals surface area contributed by atoms with Crippen molar-refractivity contribution in [2.24, 2.45) is 0 Å². The van der Waals surface area contributed by atoms with Gasteiger partial charge in [-0.15, -0.1) is 0 Å². The molecule has 1 nitrogen and oxygen atoms in total. The summed E-state index contributed by atoms with van der Waals surface area (Å²) < 4.78 is 0. The van der Waals surface area contributed by atoms with Crippen LogP contribution in [0.15, 0.2) is 12.4 Å². The lowest BCUT2D eigenvalue weighted by molar-refractivity contribution is 1.15. The van der Waals surface area contributed by atoms with E-state index in [0.29, 0.717) is 0 Å². The first-order valence-electron chi connectivity index (χ1n) is 3.26. The van der Waals surface area contributed by atoms with Gasteiger partial charge in [-0.05, 0) is 30.5 Å². The molecule has 0 saturated heterocycles. The molecule has 1 rings (SSSR count).